The molecule has 1 heterocycles. The van der Waals surface area contributed by atoms with Crippen LogP contribution in [0.25, 0.3) is 0 Å². The fourth-order valence-corrected chi connectivity index (χ4v) is 2.79. The summed E-state index contributed by atoms with van der Waals surface area (Å²) in [4.78, 5) is 9.08. The minimum atomic E-state index is 0.479. The first kappa shape index (κ1) is 20.5. The van der Waals surface area contributed by atoms with E-state index < -0.39 is 0 Å². The lowest BCUT2D eigenvalue weighted by molar-refractivity contribution is 0.303. The van der Waals surface area contributed by atoms with Crippen molar-refractivity contribution in [1.29, 1.82) is 0 Å². The van der Waals surface area contributed by atoms with Gasteiger partial charge in [0.1, 0.15) is 18.1 Å². The number of aryl methyl sites for hydroxylation is 2. The van der Waals surface area contributed by atoms with E-state index in [2.05, 4.69) is 32.7 Å². The average Bonchev–Trinajstić information content (AvgIpc) is 3.07. The van der Waals surface area contributed by atoms with Crippen LogP contribution in [0.2, 0.25) is 0 Å². The normalized spacial score (nSPS) is 11.3. The van der Waals surface area contributed by atoms with Gasteiger partial charge in [0.25, 0.3) is 0 Å². The third-order valence-electron chi connectivity index (χ3n) is 4.44. The van der Waals surface area contributed by atoms with E-state index in [1.165, 1.54) is 0 Å². The molecule has 6 heteroatoms. The molecule has 3 aromatic rings. The van der Waals surface area contributed by atoms with Gasteiger partial charge in [-0.15, -0.1) is 0 Å². The first-order valence-electron chi connectivity index (χ1n) is 9.85. The maximum atomic E-state index is 6.03. The molecule has 0 aliphatic carbocycles. The van der Waals surface area contributed by atoms with Crippen molar-refractivity contribution < 1.29 is 9.15 Å². The van der Waals surface area contributed by atoms with Crippen LogP contribution in [-0.2, 0) is 19.7 Å². The number of ether oxygens (including phenoxy) is 1. The summed E-state index contributed by atoms with van der Waals surface area (Å²) in [6.45, 7) is 8.17. The number of aromatic nitrogens is 1. The minimum Gasteiger partial charge on any atom is -0.489 e. The molecule has 29 heavy (non-hydrogen) atoms. The Labute approximate surface area is 172 Å². The van der Waals surface area contributed by atoms with Crippen molar-refractivity contribution in [3.63, 3.8) is 0 Å². The maximum absolute atomic E-state index is 6.03. The molecule has 0 spiro atoms. The fraction of sp³-hybridized carbons (Fsp3) is 0.304. The molecule has 0 aliphatic rings. The predicted octanol–water partition coefficient (Wildman–Crippen LogP) is 4.13. The molecule has 2 aromatic carbocycles. The van der Waals surface area contributed by atoms with Gasteiger partial charge in [-0.1, -0.05) is 48.5 Å². The Morgan fingerprint density at radius 3 is 2.52 bits per heavy atom. The van der Waals surface area contributed by atoms with Crippen molar-refractivity contribution in [2.75, 3.05) is 6.54 Å². The van der Waals surface area contributed by atoms with Gasteiger partial charge in [0.15, 0.2) is 5.96 Å². The molecular weight excluding hydrogens is 364 g/mol. The SMILES string of the molecule is CCNC(=NCc1ccccc1OCc1ccccc1)NCc1nc(C)c(C)o1. The van der Waals surface area contributed by atoms with Crippen molar-refractivity contribution >= 4 is 5.96 Å². The lowest BCUT2D eigenvalue weighted by Gasteiger charge is -2.12. The van der Waals surface area contributed by atoms with E-state index >= 15 is 0 Å². The second-order valence-corrected chi connectivity index (χ2v) is 6.68. The number of aliphatic imine (C=N–C) groups is 1. The minimum absolute atomic E-state index is 0.479. The molecule has 152 valence electrons. The van der Waals surface area contributed by atoms with Crippen LogP contribution in [0.15, 0.2) is 64.0 Å². The molecule has 0 saturated heterocycles. The lowest BCUT2D eigenvalue weighted by Crippen LogP contribution is -2.36. The second kappa shape index (κ2) is 10.3. The molecular formula is C23H28N4O2. The summed E-state index contributed by atoms with van der Waals surface area (Å²) in [7, 11) is 0. The molecule has 1 aromatic heterocycles. The summed E-state index contributed by atoms with van der Waals surface area (Å²) in [6, 6.07) is 18.1. The van der Waals surface area contributed by atoms with Gasteiger partial charge in [-0.2, -0.15) is 0 Å². The Hall–Kier alpha value is -3.28. The van der Waals surface area contributed by atoms with Crippen LogP contribution in [-0.4, -0.2) is 17.5 Å². The summed E-state index contributed by atoms with van der Waals surface area (Å²) in [5, 5.41) is 6.52. The van der Waals surface area contributed by atoms with Crippen LogP contribution in [0.1, 0.15) is 35.4 Å². The van der Waals surface area contributed by atoms with E-state index in [9.17, 15) is 0 Å². The highest BCUT2D eigenvalue weighted by atomic mass is 16.5. The summed E-state index contributed by atoms with van der Waals surface area (Å²) in [5.74, 6) is 3.04. The molecule has 0 aliphatic heterocycles. The van der Waals surface area contributed by atoms with Gasteiger partial charge >= 0.3 is 0 Å². The third kappa shape index (κ3) is 6.10. The Morgan fingerprint density at radius 2 is 1.79 bits per heavy atom. The molecule has 6 nitrogen and oxygen atoms in total. The van der Waals surface area contributed by atoms with E-state index in [4.69, 9.17) is 9.15 Å². The van der Waals surface area contributed by atoms with E-state index in [1.807, 2.05) is 63.2 Å². The van der Waals surface area contributed by atoms with Gasteiger partial charge in [0, 0.05) is 12.1 Å². The number of benzene rings is 2. The highest BCUT2D eigenvalue weighted by molar-refractivity contribution is 5.79. The number of nitrogens with zero attached hydrogens (tertiary/aromatic N) is 2. The molecule has 0 fully saturated rings. The summed E-state index contributed by atoms with van der Waals surface area (Å²) in [5.41, 5.74) is 3.08. The molecule has 0 bridgehead atoms. The molecule has 2 N–H and O–H groups in total. The van der Waals surface area contributed by atoms with Crippen molar-refractivity contribution in [1.82, 2.24) is 15.6 Å². The summed E-state index contributed by atoms with van der Waals surface area (Å²) < 4.78 is 11.6. The first-order chi connectivity index (χ1) is 14.2. The highest BCUT2D eigenvalue weighted by Gasteiger charge is 2.07. The van der Waals surface area contributed by atoms with Crippen LogP contribution in [0.4, 0.5) is 0 Å². The van der Waals surface area contributed by atoms with E-state index in [0.29, 0.717) is 31.5 Å². The summed E-state index contributed by atoms with van der Waals surface area (Å²) >= 11 is 0. The number of rotatable bonds is 8. The van der Waals surface area contributed by atoms with E-state index in [0.717, 1.165) is 34.9 Å². The standard InChI is InChI=1S/C23H28N4O2/c1-4-24-23(26-15-22-27-17(2)18(3)29-22)25-14-20-12-8-9-13-21(20)28-16-19-10-6-5-7-11-19/h5-13H,4,14-16H2,1-3H3,(H2,24,25,26). The van der Waals surface area contributed by atoms with Gasteiger partial charge in [0.05, 0.1) is 18.8 Å². The molecule has 0 saturated carbocycles. The van der Waals surface area contributed by atoms with Crippen molar-refractivity contribution in [2.24, 2.45) is 4.99 Å². The van der Waals surface area contributed by atoms with Crippen molar-refractivity contribution in [3.8, 4) is 5.75 Å². The largest absolute Gasteiger partial charge is 0.489 e. The zero-order valence-electron chi connectivity index (χ0n) is 17.2. The number of nitrogens with one attached hydrogen (secondary N) is 2. The Bertz CT molecular complexity index is 916. The van der Waals surface area contributed by atoms with Gasteiger partial charge < -0.3 is 19.8 Å². The Balaban J connectivity index is 1.63. The monoisotopic (exact) mass is 392 g/mol. The average molecular weight is 393 g/mol. The van der Waals surface area contributed by atoms with E-state index in [-0.39, 0.29) is 0 Å². The van der Waals surface area contributed by atoms with Crippen LogP contribution in [0.5, 0.6) is 5.75 Å². The molecule has 0 radical (unpaired) electrons. The highest BCUT2D eigenvalue weighted by Crippen LogP contribution is 2.20. The van der Waals surface area contributed by atoms with Gasteiger partial charge in [-0.3, -0.25) is 0 Å². The van der Waals surface area contributed by atoms with Crippen LogP contribution in [0.3, 0.4) is 0 Å². The van der Waals surface area contributed by atoms with Crippen LogP contribution in [0, 0.1) is 13.8 Å². The first-order valence-corrected chi connectivity index (χ1v) is 9.85. The molecule has 0 unspecified atom stereocenters. The van der Waals surface area contributed by atoms with Gasteiger partial charge in [0.2, 0.25) is 5.89 Å². The second-order valence-electron chi connectivity index (χ2n) is 6.68. The van der Waals surface area contributed by atoms with E-state index in [1.54, 1.807) is 0 Å². The van der Waals surface area contributed by atoms with Crippen molar-refractivity contribution in [3.05, 3.63) is 83.1 Å². The number of guanidine groups is 1. The number of para-hydroxylation sites is 1. The number of hydrogen-bond donors (Lipinski definition) is 2. The molecule has 3 rings (SSSR count). The topological polar surface area (TPSA) is 71.7 Å². The maximum Gasteiger partial charge on any atom is 0.214 e. The third-order valence-corrected chi connectivity index (χ3v) is 4.44. The summed E-state index contributed by atoms with van der Waals surface area (Å²) in [6.07, 6.45) is 0. The quantitative estimate of drug-likeness (QED) is 0.446. The van der Waals surface area contributed by atoms with Crippen LogP contribution >= 0.6 is 0 Å². The lowest BCUT2D eigenvalue weighted by atomic mass is 10.2. The smallest absolute Gasteiger partial charge is 0.214 e. The van der Waals surface area contributed by atoms with Gasteiger partial charge in [-0.05, 0) is 32.4 Å². The fourth-order valence-electron chi connectivity index (χ4n) is 2.79. The molecule has 0 atom stereocenters. The van der Waals surface area contributed by atoms with Gasteiger partial charge in [-0.25, -0.2) is 9.98 Å². The van der Waals surface area contributed by atoms with Crippen molar-refractivity contribution in [2.45, 2.75) is 40.5 Å². The Morgan fingerprint density at radius 1 is 1.03 bits per heavy atom. The zero-order valence-corrected chi connectivity index (χ0v) is 17.2. The predicted molar refractivity (Wildman–Crippen MR) is 115 cm³/mol. The van der Waals surface area contributed by atoms with Crippen LogP contribution < -0.4 is 15.4 Å². The Kier molecular flexibility index (Phi) is 7.28. The zero-order chi connectivity index (χ0) is 20.5. The number of hydrogen-bond acceptors (Lipinski definition) is 4. The number of oxazole rings is 1. The molecule has 0 amide bonds.